The van der Waals surface area contributed by atoms with Gasteiger partial charge in [0, 0.05) is 23.8 Å². The third kappa shape index (κ3) is 2.51. The van der Waals surface area contributed by atoms with E-state index >= 15 is 0 Å². The summed E-state index contributed by atoms with van der Waals surface area (Å²) in [6.45, 7) is 5.05. The van der Waals surface area contributed by atoms with Crippen molar-refractivity contribution in [1.29, 1.82) is 0 Å². The van der Waals surface area contributed by atoms with E-state index in [4.69, 9.17) is 0 Å². The molecule has 0 amide bonds. The first-order chi connectivity index (χ1) is 8.18. The smallest absolute Gasteiger partial charge is 0.0610 e. The van der Waals surface area contributed by atoms with Gasteiger partial charge in [-0.05, 0) is 30.4 Å². The van der Waals surface area contributed by atoms with Gasteiger partial charge in [-0.2, -0.15) is 0 Å². The zero-order chi connectivity index (χ0) is 12.3. The van der Waals surface area contributed by atoms with E-state index in [0.29, 0.717) is 0 Å². The van der Waals surface area contributed by atoms with Crippen molar-refractivity contribution in [2.45, 2.75) is 32.4 Å². The van der Waals surface area contributed by atoms with Crippen LogP contribution in [-0.4, -0.2) is 22.2 Å². The maximum atomic E-state index is 9.37. The van der Waals surface area contributed by atoms with Crippen LogP contribution in [0.4, 0.5) is 0 Å². The maximum Gasteiger partial charge on any atom is 0.0610 e. The minimum atomic E-state index is -0.200. The largest absolute Gasteiger partial charge is 0.394 e. The normalized spacial score (nSPS) is 15.0. The Morgan fingerprint density at radius 2 is 2.18 bits per heavy atom. The molecule has 0 aliphatic rings. The van der Waals surface area contributed by atoms with Crippen LogP contribution < -0.4 is 5.32 Å². The van der Waals surface area contributed by atoms with E-state index in [1.54, 1.807) is 0 Å². The second-order valence-electron chi connectivity index (χ2n) is 4.78. The number of H-pyrrole nitrogens is 1. The lowest BCUT2D eigenvalue weighted by Crippen LogP contribution is -2.44. The number of fused-ring (bicyclic) bond motifs is 1. The van der Waals surface area contributed by atoms with Crippen LogP contribution in [0.15, 0.2) is 30.5 Å². The Labute approximate surface area is 102 Å². The van der Waals surface area contributed by atoms with Crippen LogP contribution in [0.5, 0.6) is 0 Å². The van der Waals surface area contributed by atoms with Gasteiger partial charge >= 0.3 is 0 Å². The van der Waals surface area contributed by atoms with E-state index in [1.165, 1.54) is 16.5 Å². The summed E-state index contributed by atoms with van der Waals surface area (Å²) in [6.07, 6.45) is 2.86. The highest BCUT2D eigenvalue weighted by Crippen LogP contribution is 2.18. The molecule has 0 aliphatic carbocycles. The predicted octanol–water partition coefficient (Wildman–Crippen LogP) is 2.42. The molecule has 0 radical (unpaired) electrons. The van der Waals surface area contributed by atoms with Crippen LogP contribution in [0.2, 0.25) is 0 Å². The number of aliphatic hydroxyl groups is 1. The molecule has 3 nitrogen and oxygen atoms in total. The zero-order valence-electron chi connectivity index (χ0n) is 10.5. The molecule has 0 saturated heterocycles. The average molecular weight is 232 g/mol. The fraction of sp³-hybridized carbons (Fsp3) is 0.429. The Morgan fingerprint density at radius 1 is 1.35 bits per heavy atom. The van der Waals surface area contributed by atoms with Crippen LogP contribution in [-0.2, 0) is 6.54 Å². The first-order valence-corrected chi connectivity index (χ1v) is 6.09. The third-order valence-electron chi connectivity index (χ3n) is 3.51. The number of hydrogen-bond acceptors (Lipinski definition) is 2. The molecule has 1 heterocycles. The number of aromatic amines is 1. The maximum absolute atomic E-state index is 9.37. The van der Waals surface area contributed by atoms with Gasteiger partial charge in [0.15, 0.2) is 0 Å². The molecule has 0 aliphatic heterocycles. The quantitative estimate of drug-likeness (QED) is 0.741. The summed E-state index contributed by atoms with van der Waals surface area (Å²) in [5.74, 6) is 0. The van der Waals surface area contributed by atoms with Crippen molar-refractivity contribution in [3.63, 3.8) is 0 Å². The molecule has 1 aromatic heterocycles. The van der Waals surface area contributed by atoms with Crippen molar-refractivity contribution >= 4 is 10.9 Å². The van der Waals surface area contributed by atoms with Gasteiger partial charge in [0.05, 0.1) is 6.61 Å². The Balaban J connectivity index is 2.16. The van der Waals surface area contributed by atoms with Gasteiger partial charge in [-0.25, -0.2) is 0 Å². The molecule has 1 atom stereocenters. The van der Waals surface area contributed by atoms with Gasteiger partial charge in [-0.1, -0.05) is 25.1 Å². The lowest BCUT2D eigenvalue weighted by molar-refractivity contribution is 0.169. The second kappa shape index (κ2) is 4.90. The molecular weight excluding hydrogens is 212 g/mol. The molecule has 2 aromatic rings. The number of aromatic nitrogens is 1. The van der Waals surface area contributed by atoms with Gasteiger partial charge in [-0.3, -0.25) is 0 Å². The molecular formula is C14H20N2O. The fourth-order valence-corrected chi connectivity index (χ4v) is 1.90. The number of benzene rings is 1. The first kappa shape index (κ1) is 12.1. The molecule has 3 heteroatoms. The minimum Gasteiger partial charge on any atom is -0.394 e. The van der Waals surface area contributed by atoms with E-state index in [0.717, 1.165) is 13.0 Å². The topological polar surface area (TPSA) is 48.0 Å². The first-order valence-electron chi connectivity index (χ1n) is 6.09. The molecule has 2 rings (SSSR count). The Bertz CT molecular complexity index is 486. The van der Waals surface area contributed by atoms with Crippen molar-refractivity contribution in [2.24, 2.45) is 0 Å². The Morgan fingerprint density at radius 3 is 2.88 bits per heavy atom. The lowest BCUT2D eigenvalue weighted by atomic mass is 9.99. The molecule has 0 spiro atoms. The van der Waals surface area contributed by atoms with Gasteiger partial charge in [0.1, 0.15) is 0 Å². The molecule has 3 N–H and O–H groups in total. The molecule has 0 fully saturated rings. The number of nitrogens with one attached hydrogen (secondary N) is 2. The highest BCUT2D eigenvalue weighted by molar-refractivity contribution is 5.82. The number of rotatable bonds is 5. The van der Waals surface area contributed by atoms with Crippen molar-refractivity contribution in [3.05, 3.63) is 36.0 Å². The SMILES string of the molecule is CCC(C)(CO)NCc1cccc2cc[nH]c12. The van der Waals surface area contributed by atoms with Crippen molar-refractivity contribution in [1.82, 2.24) is 10.3 Å². The second-order valence-corrected chi connectivity index (χ2v) is 4.78. The van der Waals surface area contributed by atoms with Crippen LogP contribution in [0, 0.1) is 0 Å². The lowest BCUT2D eigenvalue weighted by Gasteiger charge is -2.27. The molecule has 0 bridgehead atoms. The van der Waals surface area contributed by atoms with E-state index in [2.05, 4.69) is 41.5 Å². The highest BCUT2D eigenvalue weighted by Gasteiger charge is 2.19. The van der Waals surface area contributed by atoms with Crippen molar-refractivity contribution in [3.8, 4) is 0 Å². The molecule has 17 heavy (non-hydrogen) atoms. The molecule has 1 unspecified atom stereocenters. The zero-order valence-corrected chi connectivity index (χ0v) is 10.5. The van der Waals surface area contributed by atoms with Gasteiger partial charge in [0.25, 0.3) is 0 Å². The monoisotopic (exact) mass is 232 g/mol. The van der Waals surface area contributed by atoms with Gasteiger partial charge in [0.2, 0.25) is 0 Å². The Kier molecular flexibility index (Phi) is 3.50. The highest BCUT2D eigenvalue weighted by atomic mass is 16.3. The third-order valence-corrected chi connectivity index (χ3v) is 3.51. The van der Waals surface area contributed by atoms with Crippen molar-refractivity contribution in [2.75, 3.05) is 6.61 Å². The van der Waals surface area contributed by atoms with Crippen LogP contribution >= 0.6 is 0 Å². The molecule has 92 valence electrons. The number of aliphatic hydroxyl groups excluding tert-OH is 1. The summed E-state index contributed by atoms with van der Waals surface area (Å²) in [5, 5.41) is 14.0. The molecule has 0 saturated carbocycles. The minimum absolute atomic E-state index is 0.157. The summed E-state index contributed by atoms with van der Waals surface area (Å²) < 4.78 is 0. The summed E-state index contributed by atoms with van der Waals surface area (Å²) >= 11 is 0. The van der Waals surface area contributed by atoms with E-state index in [-0.39, 0.29) is 12.1 Å². The van der Waals surface area contributed by atoms with Crippen LogP contribution in [0.25, 0.3) is 10.9 Å². The number of para-hydroxylation sites is 1. The summed E-state index contributed by atoms with van der Waals surface area (Å²) in [6, 6.07) is 8.35. The average Bonchev–Trinajstić information content (AvgIpc) is 2.84. The summed E-state index contributed by atoms with van der Waals surface area (Å²) in [5.41, 5.74) is 2.21. The van der Waals surface area contributed by atoms with Gasteiger partial charge in [-0.15, -0.1) is 0 Å². The van der Waals surface area contributed by atoms with Crippen LogP contribution in [0.3, 0.4) is 0 Å². The predicted molar refractivity (Wildman–Crippen MR) is 70.9 cm³/mol. The van der Waals surface area contributed by atoms with Crippen LogP contribution in [0.1, 0.15) is 25.8 Å². The van der Waals surface area contributed by atoms with E-state index in [1.807, 2.05) is 13.1 Å². The Hall–Kier alpha value is -1.32. The van der Waals surface area contributed by atoms with E-state index < -0.39 is 0 Å². The van der Waals surface area contributed by atoms with Gasteiger partial charge < -0.3 is 15.4 Å². The van der Waals surface area contributed by atoms with Crippen molar-refractivity contribution < 1.29 is 5.11 Å². The fourth-order valence-electron chi connectivity index (χ4n) is 1.90. The standard InChI is InChI=1S/C14H20N2O/c1-3-14(2,10-17)16-9-12-6-4-5-11-7-8-15-13(11)12/h4-8,15-17H,3,9-10H2,1-2H3. The summed E-state index contributed by atoms with van der Waals surface area (Å²) in [7, 11) is 0. The van der Waals surface area contributed by atoms with E-state index in [9.17, 15) is 5.11 Å². The number of hydrogen-bond donors (Lipinski definition) is 3. The molecule has 1 aromatic carbocycles. The summed E-state index contributed by atoms with van der Waals surface area (Å²) in [4.78, 5) is 3.26.